The summed E-state index contributed by atoms with van der Waals surface area (Å²) < 4.78 is 25.0. The number of Topliss-reactive ketones (excluding diaryl/α,β-unsaturated/α-hetero) is 1. The number of sulfone groups is 1. The third-order valence-electron chi connectivity index (χ3n) is 4.23. The number of hydrogen-bond donors (Lipinski definition) is 0. The van der Waals surface area contributed by atoms with Gasteiger partial charge < -0.3 is 0 Å². The summed E-state index contributed by atoms with van der Waals surface area (Å²) in [7, 11) is -3.57. The van der Waals surface area contributed by atoms with Crippen molar-refractivity contribution in [2.24, 2.45) is 0 Å². The van der Waals surface area contributed by atoms with Gasteiger partial charge in [-0.2, -0.15) is 0 Å². The number of carbonyl (C=O) groups excluding carboxylic acids is 1. The Balaban J connectivity index is 1.85. The highest BCUT2D eigenvalue weighted by molar-refractivity contribution is 7.91. The zero-order valence-corrected chi connectivity index (χ0v) is 14.6. The summed E-state index contributed by atoms with van der Waals surface area (Å²) in [5, 5.41) is 0.361. The summed E-state index contributed by atoms with van der Waals surface area (Å²) in [5.41, 5.74) is 1.28. The van der Waals surface area contributed by atoms with Crippen molar-refractivity contribution in [3.8, 4) is 0 Å². The lowest BCUT2D eigenvalue weighted by Gasteiger charge is -2.24. The van der Waals surface area contributed by atoms with Gasteiger partial charge in [-0.1, -0.05) is 60.1 Å². The van der Waals surface area contributed by atoms with Gasteiger partial charge in [0.2, 0.25) is 0 Å². The fraction of sp³-hybridized carbons (Fsp3) is 0.211. The zero-order valence-electron chi connectivity index (χ0n) is 13.0. The van der Waals surface area contributed by atoms with Crippen LogP contribution < -0.4 is 0 Å². The lowest BCUT2D eigenvalue weighted by molar-refractivity contribution is -0.116. The molecule has 3 nitrogen and oxygen atoms in total. The molecule has 1 aliphatic rings. The van der Waals surface area contributed by atoms with Crippen molar-refractivity contribution < 1.29 is 13.2 Å². The first-order chi connectivity index (χ1) is 11.5. The molecule has 24 heavy (non-hydrogen) atoms. The third kappa shape index (κ3) is 3.60. The van der Waals surface area contributed by atoms with Crippen molar-refractivity contribution >= 4 is 27.2 Å². The smallest absolute Gasteiger partial charge is 0.182 e. The van der Waals surface area contributed by atoms with E-state index >= 15 is 0 Å². The van der Waals surface area contributed by atoms with Crippen LogP contribution in [0.25, 0.3) is 0 Å². The molecule has 3 rings (SSSR count). The quantitative estimate of drug-likeness (QED) is 0.824. The second-order valence-electron chi connectivity index (χ2n) is 5.89. The van der Waals surface area contributed by atoms with Crippen LogP contribution in [0.3, 0.4) is 0 Å². The summed E-state index contributed by atoms with van der Waals surface area (Å²) >= 11 is 6.31. The standard InChI is InChI=1S/C19H17ClO3S/c20-18-11-15(14-7-3-1-4-8-14)12-19(21)17(18)13-24(22,23)16-9-5-2-6-10-16/h1-10,15H,11-13H2/t15-/m1/s1. The molecule has 2 aromatic rings. The first-order valence-electron chi connectivity index (χ1n) is 7.71. The van der Waals surface area contributed by atoms with Gasteiger partial charge in [0.25, 0.3) is 0 Å². The van der Waals surface area contributed by atoms with Crippen LogP contribution in [0.15, 0.2) is 76.2 Å². The molecule has 1 atom stereocenters. The molecule has 0 unspecified atom stereocenters. The van der Waals surface area contributed by atoms with Crippen LogP contribution in [0.2, 0.25) is 0 Å². The van der Waals surface area contributed by atoms with Gasteiger partial charge in [0.05, 0.1) is 10.6 Å². The molecule has 0 aromatic heterocycles. The number of hydrogen-bond acceptors (Lipinski definition) is 3. The van der Waals surface area contributed by atoms with Crippen LogP contribution >= 0.6 is 11.6 Å². The van der Waals surface area contributed by atoms with Crippen LogP contribution in [-0.2, 0) is 14.6 Å². The lowest BCUT2D eigenvalue weighted by atomic mass is 9.84. The van der Waals surface area contributed by atoms with Crippen molar-refractivity contribution in [3.05, 3.63) is 76.8 Å². The SMILES string of the molecule is O=C1C[C@H](c2ccccc2)CC(Cl)=C1CS(=O)(=O)c1ccccc1. The van der Waals surface area contributed by atoms with Gasteiger partial charge in [0.15, 0.2) is 15.6 Å². The van der Waals surface area contributed by atoms with E-state index in [1.54, 1.807) is 18.2 Å². The zero-order chi connectivity index (χ0) is 17.2. The molecule has 2 aromatic carbocycles. The van der Waals surface area contributed by atoms with E-state index in [1.807, 2.05) is 30.3 Å². The Hall–Kier alpha value is -1.91. The maximum Gasteiger partial charge on any atom is 0.182 e. The van der Waals surface area contributed by atoms with E-state index in [9.17, 15) is 13.2 Å². The van der Waals surface area contributed by atoms with Crippen LogP contribution in [0, 0.1) is 0 Å². The van der Waals surface area contributed by atoms with Crippen LogP contribution in [0.4, 0.5) is 0 Å². The summed E-state index contributed by atoms with van der Waals surface area (Å²) in [6.45, 7) is 0. The summed E-state index contributed by atoms with van der Waals surface area (Å²) in [4.78, 5) is 12.7. The van der Waals surface area contributed by atoms with Crippen molar-refractivity contribution in [2.45, 2.75) is 23.7 Å². The van der Waals surface area contributed by atoms with Gasteiger partial charge in [-0.25, -0.2) is 8.42 Å². The van der Waals surface area contributed by atoms with Gasteiger partial charge >= 0.3 is 0 Å². The molecule has 0 saturated heterocycles. The molecule has 0 saturated carbocycles. The first-order valence-corrected chi connectivity index (χ1v) is 9.74. The van der Waals surface area contributed by atoms with Crippen molar-refractivity contribution in [1.82, 2.24) is 0 Å². The average Bonchev–Trinajstić information content (AvgIpc) is 2.59. The van der Waals surface area contributed by atoms with E-state index in [0.717, 1.165) is 5.56 Å². The van der Waals surface area contributed by atoms with Crippen molar-refractivity contribution in [2.75, 3.05) is 5.75 Å². The number of allylic oxidation sites excluding steroid dienone is 1. The Morgan fingerprint density at radius 1 is 0.917 bits per heavy atom. The Bertz CT molecular complexity index is 871. The van der Waals surface area contributed by atoms with Crippen LogP contribution in [-0.4, -0.2) is 20.0 Å². The first kappa shape index (κ1) is 16.9. The highest BCUT2D eigenvalue weighted by atomic mass is 35.5. The van der Waals surface area contributed by atoms with E-state index in [4.69, 9.17) is 11.6 Å². The van der Waals surface area contributed by atoms with Gasteiger partial charge in [-0.3, -0.25) is 4.79 Å². The molecule has 124 valence electrons. The Morgan fingerprint density at radius 3 is 2.08 bits per heavy atom. The fourth-order valence-electron chi connectivity index (χ4n) is 2.93. The average molecular weight is 361 g/mol. The maximum atomic E-state index is 12.5. The minimum Gasteiger partial charge on any atom is -0.294 e. The second-order valence-corrected chi connectivity index (χ2v) is 8.34. The highest BCUT2D eigenvalue weighted by Crippen LogP contribution is 2.37. The van der Waals surface area contributed by atoms with Crippen molar-refractivity contribution in [3.63, 3.8) is 0 Å². The van der Waals surface area contributed by atoms with E-state index < -0.39 is 9.84 Å². The topological polar surface area (TPSA) is 51.2 Å². The van der Waals surface area contributed by atoms with E-state index in [1.165, 1.54) is 12.1 Å². The van der Waals surface area contributed by atoms with Crippen LogP contribution in [0.5, 0.6) is 0 Å². The largest absolute Gasteiger partial charge is 0.294 e. The number of ketones is 1. The minimum atomic E-state index is -3.57. The molecular formula is C19H17ClO3S. The van der Waals surface area contributed by atoms with Gasteiger partial charge in [-0.05, 0) is 30.0 Å². The number of carbonyl (C=O) groups is 1. The molecular weight excluding hydrogens is 344 g/mol. The molecule has 0 heterocycles. The normalized spacial score (nSPS) is 18.7. The van der Waals surface area contributed by atoms with E-state index in [-0.39, 0.29) is 27.9 Å². The Labute approximate surface area is 146 Å². The predicted octanol–water partition coefficient (Wildman–Crippen LogP) is 4.10. The summed E-state index contributed by atoms with van der Waals surface area (Å²) in [6.07, 6.45) is 0.789. The van der Waals surface area contributed by atoms with Gasteiger partial charge in [0.1, 0.15) is 0 Å². The molecule has 0 aliphatic heterocycles. The molecule has 0 amide bonds. The molecule has 0 bridgehead atoms. The Morgan fingerprint density at radius 2 is 1.50 bits per heavy atom. The third-order valence-corrected chi connectivity index (χ3v) is 6.27. The molecule has 5 heteroatoms. The molecule has 0 radical (unpaired) electrons. The number of halogens is 1. The molecule has 1 aliphatic carbocycles. The van der Waals surface area contributed by atoms with E-state index in [0.29, 0.717) is 17.9 Å². The predicted molar refractivity (Wildman–Crippen MR) is 94.8 cm³/mol. The van der Waals surface area contributed by atoms with Gasteiger partial charge in [-0.15, -0.1) is 0 Å². The monoisotopic (exact) mass is 360 g/mol. The number of benzene rings is 2. The lowest BCUT2D eigenvalue weighted by Crippen LogP contribution is -2.22. The number of rotatable bonds is 4. The second kappa shape index (κ2) is 6.91. The molecule has 0 N–H and O–H groups in total. The Kier molecular flexibility index (Phi) is 4.88. The van der Waals surface area contributed by atoms with Crippen LogP contribution in [0.1, 0.15) is 24.3 Å². The highest BCUT2D eigenvalue weighted by Gasteiger charge is 2.31. The summed E-state index contributed by atoms with van der Waals surface area (Å²) in [5.74, 6) is -0.509. The van der Waals surface area contributed by atoms with Gasteiger partial charge in [0, 0.05) is 17.0 Å². The van der Waals surface area contributed by atoms with E-state index in [2.05, 4.69) is 0 Å². The minimum absolute atomic E-state index is 0.00868. The molecule has 0 spiro atoms. The summed E-state index contributed by atoms with van der Waals surface area (Å²) in [6, 6.07) is 17.8. The van der Waals surface area contributed by atoms with Crippen molar-refractivity contribution in [1.29, 1.82) is 0 Å². The molecule has 0 fully saturated rings. The maximum absolute atomic E-state index is 12.5. The fourth-order valence-corrected chi connectivity index (χ4v) is 4.82.